The van der Waals surface area contributed by atoms with E-state index in [2.05, 4.69) is 19.8 Å². The average molecular weight is 225 g/mol. The third-order valence-electron chi connectivity index (χ3n) is 3.01. The van der Waals surface area contributed by atoms with Crippen molar-refractivity contribution in [2.75, 3.05) is 6.54 Å². The largest absolute Gasteiger partial charge is 0.481 e. The Bertz CT molecular complexity index is 377. The third kappa shape index (κ3) is 2.38. The molecule has 1 aliphatic rings. The second-order valence-corrected chi connectivity index (χ2v) is 4.16. The van der Waals surface area contributed by atoms with E-state index in [4.69, 9.17) is 5.11 Å². The van der Waals surface area contributed by atoms with Crippen LogP contribution in [0.2, 0.25) is 0 Å². The Kier molecular flexibility index (Phi) is 3.19. The van der Waals surface area contributed by atoms with Gasteiger partial charge in [0.1, 0.15) is 11.4 Å². The number of carbonyl (C=O) groups is 1. The van der Waals surface area contributed by atoms with Gasteiger partial charge in [0, 0.05) is 12.6 Å². The van der Waals surface area contributed by atoms with Crippen molar-refractivity contribution < 1.29 is 14.5 Å². The maximum Gasteiger partial charge on any atom is 0.304 e. The van der Waals surface area contributed by atoms with Crippen molar-refractivity contribution in [3.05, 3.63) is 11.4 Å². The summed E-state index contributed by atoms with van der Waals surface area (Å²) < 4.78 is 4.63. The number of likely N-dealkylation sites (tertiary alicyclic amines) is 1. The van der Waals surface area contributed by atoms with E-state index in [1.807, 2.05) is 6.92 Å². The molecule has 0 bridgehead atoms. The van der Waals surface area contributed by atoms with Crippen LogP contribution in [0.15, 0.2) is 4.63 Å². The summed E-state index contributed by atoms with van der Waals surface area (Å²) in [6, 6.07) is 0.119. The van der Waals surface area contributed by atoms with Crippen LogP contribution in [-0.2, 0) is 11.3 Å². The lowest BCUT2D eigenvalue weighted by molar-refractivity contribution is -0.138. The predicted molar refractivity (Wildman–Crippen MR) is 54.7 cm³/mol. The number of nitrogens with zero attached hydrogens (tertiary/aromatic N) is 3. The number of carboxylic acids is 1. The highest BCUT2D eigenvalue weighted by atomic mass is 16.6. The Morgan fingerprint density at radius 1 is 1.62 bits per heavy atom. The number of hydrogen-bond donors (Lipinski definition) is 1. The summed E-state index contributed by atoms with van der Waals surface area (Å²) >= 11 is 0. The summed E-state index contributed by atoms with van der Waals surface area (Å²) in [5.41, 5.74) is 1.58. The second kappa shape index (κ2) is 4.61. The van der Waals surface area contributed by atoms with E-state index in [-0.39, 0.29) is 12.5 Å². The molecule has 2 rings (SSSR count). The number of aromatic nitrogens is 2. The molecule has 88 valence electrons. The monoisotopic (exact) mass is 225 g/mol. The molecule has 1 N–H and O–H groups in total. The van der Waals surface area contributed by atoms with Crippen molar-refractivity contribution in [2.45, 2.75) is 38.8 Å². The molecule has 0 spiro atoms. The smallest absolute Gasteiger partial charge is 0.304 e. The van der Waals surface area contributed by atoms with Crippen LogP contribution in [0.25, 0.3) is 0 Å². The number of hydrogen-bond acceptors (Lipinski definition) is 5. The van der Waals surface area contributed by atoms with Crippen LogP contribution in [0.5, 0.6) is 0 Å². The van der Waals surface area contributed by atoms with E-state index in [9.17, 15) is 4.79 Å². The summed E-state index contributed by atoms with van der Waals surface area (Å²) in [5.74, 6) is -0.744. The molecular formula is C10H15N3O3. The molecule has 1 fully saturated rings. The molecule has 0 radical (unpaired) electrons. The molecule has 1 aliphatic heterocycles. The summed E-state index contributed by atoms with van der Waals surface area (Å²) in [6.45, 7) is 3.39. The standard InChI is InChI=1S/C10H15N3O3/c1-7-9(12-16-11-7)6-13-4-2-3-8(13)5-10(14)15/h8H,2-6H2,1H3,(H,14,15). The Balaban J connectivity index is 1.98. The maximum absolute atomic E-state index is 10.7. The molecule has 1 atom stereocenters. The zero-order valence-corrected chi connectivity index (χ0v) is 9.22. The summed E-state index contributed by atoms with van der Waals surface area (Å²) in [5, 5.41) is 16.3. The molecule has 6 nitrogen and oxygen atoms in total. The normalized spacial score (nSPS) is 21.4. The highest BCUT2D eigenvalue weighted by Crippen LogP contribution is 2.22. The average Bonchev–Trinajstić information content (AvgIpc) is 2.78. The van der Waals surface area contributed by atoms with Crippen molar-refractivity contribution in [2.24, 2.45) is 0 Å². The van der Waals surface area contributed by atoms with Crippen LogP contribution in [0.4, 0.5) is 0 Å². The van der Waals surface area contributed by atoms with Gasteiger partial charge in [-0.3, -0.25) is 9.69 Å². The summed E-state index contributed by atoms with van der Waals surface area (Å²) in [7, 11) is 0. The van der Waals surface area contributed by atoms with Crippen LogP contribution < -0.4 is 0 Å². The van der Waals surface area contributed by atoms with Gasteiger partial charge in [-0.1, -0.05) is 10.3 Å². The van der Waals surface area contributed by atoms with Gasteiger partial charge in [0.25, 0.3) is 0 Å². The van der Waals surface area contributed by atoms with Gasteiger partial charge in [0.15, 0.2) is 0 Å². The third-order valence-corrected chi connectivity index (χ3v) is 3.01. The van der Waals surface area contributed by atoms with Gasteiger partial charge in [0.2, 0.25) is 0 Å². The Labute approximate surface area is 93.2 Å². The Morgan fingerprint density at radius 3 is 3.06 bits per heavy atom. The molecule has 1 unspecified atom stereocenters. The van der Waals surface area contributed by atoms with E-state index in [0.717, 1.165) is 30.8 Å². The minimum absolute atomic E-state index is 0.119. The van der Waals surface area contributed by atoms with Crippen molar-refractivity contribution in [1.82, 2.24) is 15.2 Å². The molecule has 1 aromatic rings. The second-order valence-electron chi connectivity index (χ2n) is 4.16. The topological polar surface area (TPSA) is 79.5 Å². The molecule has 0 aromatic carbocycles. The van der Waals surface area contributed by atoms with E-state index >= 15 is 0 Å². The fourth-order valence-corrected chi connectivity index (χ4v) is 2.12. The van der Waals surface area contributed by atoms with Gasteiger partial charge in [-0.25, -0.2) is 4.63 Å². The summed E-state index contributed by atoms with van der Waals surface area (Å²) in [4.78, 5) is 12.8. The molecule has 0 aliphatic carbocycles. The van der Waals surface area contributed by atoms with Crippen molar-refractivity contribution >= 4 is 5.97 Å². The molecule has 2 heterocycles. The first kappa shape index (κ1) is 11.1. The van der Waals surface area contributed by atoms with Gasteiger partial charge in [-0.15, -0.1) is 0 Å². The molecule has 6 heteroatoms. The van der Waals surface area contributed by atoms with Crippen LogP contribution >= 0.6 is 0 Å². The first-order valence-corrected chi connectivity index (χ1v) is 5.40. The first-order chi connectivity index (χ1) is 7.66. The summed E-state index contributed by atoms with van der Waals surface area (Å²) in [6.07, 6.45) is 2.18. The minimum atomic E-state index is -0.744. The van der Waals surface area contributed by atoms with Crippen molar-refractivity contribution in [3.8, 4) is 0 Å². The Morgan fingerprint density at radius 2 is 2.44 bits per heavy atom. The van der Waals surface area contributed by atoms with Gasteiger partial charge in [-0.2, -0.15) is 0 Å². The molecule has 0 saturated carbocycles. The SMILES string of the molecule is Cc1nonc1CN1CCCC1CC(=O)O. The van der Waals surface area contributed by atoms with Crippen LogP contribution in [0.3, 0.4) is 0 Å². The number of rotatable bonds is 4. The predicted octanol–water partition coefficient (Wildman–Crippen LogP) is 0.817. The maximum atomic E-state index is 10.7. The lowest BCUT2D eigenvalue weighted by Gasteiger charge is -2.21. The van der Waals surface area contributed by atoms with Crippen molar-refractivity contribution in [3.63, 3.8) is 0 Å². The highest BCUT2D eigenvalue weighted by molar-refractivity contribution is 5.67. The van der Waals surface area contributed by atoms with Crippen LogP contribution in [0.1, 0.15) is 30.7 Å². The molecule has 1 aromatic heterocycles. The number of aliphatic carboxylic acids is 1. The van der Waals surface area contributed by atoms with E-state index in [0.29, 0.717) is 6.54 Å². The minimum Gasteiger partial charge on any atom is -0.481 e. The lowest BCUT2D eigenvalue weighted by Crippen LogP contribution is -2.31. The molecule has 1 saturated heterocycles. The van der Waals surface area contributed by atoms with E-state index < -0.39 is 5.97 Å². The fourth-order valence-electron chi connectivity index (χ4n) is 2.12. The van der Waals surface area contributed by atoms with E-state index in [1.54, 1.807) is 0 Å². The van der Waals surface area contributed by atoms with Crippen LogP contribution in [0, 0.1) is 6.92 Å². The van der Waals surface area contributed by atoms with E-state index in [1.165, 1.54) is 0 Å². The zero-order chi connectivity index (χ0) is 11.5. The van der Waals surface area contributed by atoms with Gasteiger partial charge in [0.05, 0.1) is 6.42 Å². The fraction of sp³-hybridized carbons (Fsp3) is 0.700. The number of carboxylic acid groups (broad SMARTS) is 1. The van der Waals surface area contributed by atoms with Gasteiger partial charge >= 0.3 is 5.97 Å². The Hall–Kier alpha value is -1.43. The molecular weight excluding hydrogens is 210 g/mol. The zero-order valence-electron chi connectivity index (χ0n) is 9.22. The lowest BCUT2D eigenvalue weighted by atomic mass is 10.1. The van der Waals surface area contributed by atoms with Gasteiger partial charge < -0.3 is 5.11 Å². The molecule has 0 amide bonds. The quantitative estimate of drug-likeness (QED) is 0.817. The number of aryl methyl sites for hydroxylation is 1. The van der Waals surface area contributed by atoms with Gasteiger partial charge in [-0.05, 0) is 26.3 Å². The van der Waals surface area contributed by atoms with Crippen molar-refractivity contribution in [1.29, 1.82) is 0 Å². The highest BCUT2D eigenvalue weighted by Gasteiger charge is 2.27. The first-order valence-electron chi connectivity index (χ1n) is 5.40. The van der Waals surface area contributed by atoms with Crippen LogP contribution in [-0.4, -0.2) is 38.9 Å². The molecule has 16 heavy (non-hydrogen) atoms.